The van der Waals surface area contributed by atoms with Crippen LogP contribution in [0.2, 0.25) is 0 Å². The molecule has 2 aliphatic rings. The summed E-state index contributed by atoms with van der Waals surface area (Å²) < 4.78 is 0. The maximum absolute atomic E-state index is 2.58. The van der Waals surface area contributed by atoms with Crippen LogP contribution >= 0.6 is 0 Å². The van der Waals surface area contributed by atoms with E-state index in [4.69, 9.17) is 0 Å². The largest absolute Gasteiger partial charge is 0.0622 e. The molecule has 0 aromatic heterocycles. The summed E-state index contributed by atoms with van der Waals surface area (Å²) in [6.07, 6.45) is 9.12. The molecule has 0 saturated heterocycles. The van der Waals surface area contributed by atoms with Gasteiger partial charge in [0.1, 0.15) is 0 Å². The van der Waals surface area contributed by atoms with E-state index in [-0.39, 0.29) is 0 Å². The van der Waals surface area contributed by atoms with Crippen molar-refractivity contribution in [3.8, 4) is 11.1 Å². The summed E-state index contributed by atoms with van der Waals surface area (Å²) in [5.74, 6) is 0.544. The van der Waals surface area contributed by atoms with Gasteiger partial charge in [0.15, 0.2) is 0 Å². The average Bonchev–Trinajstić information content (AvgIpc) is 2.72. The van der Waals surface area contributed by atoms with Gasteiger partial charge in [-0.15, -0.1) is 0 Å². The minimum atomic E-state index is 0.544. The van der Waals surface area contributed by atoms with Crippen LogP contribution < -0.4 is 0 Å². The van der Waals surface area contributed by atoms with Crippen LogP contribution in [0.25, 0.3) is 11.1 Å². The summed E-state index contributed by atoms with van der Waals surface area (Å²) in [6, 6.07) is 25.1. The molecule has 0 nitrogen and oxygen atoms in total. The fourth-order valence-electron chi connectivity index (χ4n) is 5.05. The fourth-order valence-corrected chi connectivity index (χ4v) is 5.05. The van der Waals surface area contributed by atoms with Crippen molar-refractivity contribution in [2.24, 2.45) is 0 Å². The van der Waals surface area contributed by atoms with Gasteiger partial charge in [-0.25, -0.2) is 0 Å². The second-order valence-electron chi connectivity index (χ2n) is 7.92. The van der Waals surface area contributed by atoms with Crippen LogP contribution in [0.5, 0.6) is 0 Å². The lowest BCUT2D eigenvalue weighted by Crippen LogP contribution is -2.15. The molecule has 0 fully saturated rings. The Labute approximate surface area is 156 Å². The number of hydrogen-bond donors (Lipinski definition) is 0. The zero-order chi connectivity index (χ0) is 17.3. The van der Waals surface area contributed by atoms with Gasteiger partial charge < -0.3 is 0 Å². The van der Waals surface area contributed by atoms with Gasteiger partial charge in [-0.1, -0.05) is 66.7 Å². The zero-order valence-corrected chi connectivity index (χ0v) is 15.4. The molecule has 0 heteroatoms. The van der Waals surface area contributed by atoms with Crippen molar-refractivity contribution in [1.82, 2.24) is 0 Å². The lowest BCUT2D eigenvalue weighted by Gasteiger charge is -2.30. The van der Waals surface area contributed by atoms with E-state index >= 15 is 0 Å². The van der Waals surface area contributed by atoms with Crippen LogP contribution in [0.3, 0.4) is 0 Å². The van der Waals surface area contributed by atoms with Crippen LogP contribution in [0.15, 0.2) is 66.7 Å². The maximum atomic E-state index is 2.58. The van der Waals surface area contributed by atoms with Gasteiger partial charge in [-0.3, -0.25) is 0 Å². The second-order valence-corrected chi connectivity index (χ2v) is 7.92. The van der Waals surface area contributed by atoms with Crippen LogP contribution in [-0.4, -0.2) is 0 Å². The summed E-state index contributed by atoms with van der Waals surface area (Å²) in [5.41, 5.74) is 10.7. The zero-order valence-electron chi connectivity index (χ0n) is 15.4. The molecule has 0 amide bonds. The third kappa shape index (κ3) is 2.78. The van der Waals surface area contributed by atoms with Gasteiger partial charge in [0.05, 0.1) is 0 Å². The van der Waals surface area contributed by atoms with E-state index in [0.29, 0.717) is 5.92 Å². The van der Waals surface area contributed by atoms with Gasteiger partial charge >= 0.3 is 0 Å². The molecule has 0 bridgehead atoms. The van der Waals surface area contributed by atoms with Gasteiger partial charge in [0.2, 0.25) is 0 Å². The first-order valence-electron chi connectivity index (χ1n) is 10.2. The Kier molecular flexibility index (Phi) is 4.13. The van der Waals surface area contributed by atoms with E-state index in [1.807, 2.05) is 0 Å². The normalized spacial score (nSPS) is 18.8. The highest BCUT2D eigenvalue weighted by molar-refractivity contribution is 5.69. The average molecular weight is 338 g/mol. The standard InChI is InChI=1S/C26H26/c1-2-9-19(10-3-1)23-14-6-7-15-24(23)25-16-8-13-22-17-20-11-4-5-12-21(20)18-26(22)25/h1-3,6-7,9-10,14-15,17-18,25H,4-5,8,11-13,16H2. The number of aryl methyl sites for hydroxylation is 3. The minimum Gasteiger partial charge on any atom is -0.0622 e. The minimum absolute atomic E-state index is 0.544. The molecule has 26 heavy (non-hydrogen) atoms. The van der Waals surface area contributed by atoms with E-state index in [2.05, 4.69) is 66.7 Å². The summed E-state index contributed by atoms with van der Waals surface area (Å²) in [7, 11) is 0. The Morgan fingerprint density at radius 3 is 2.12 bits per heavy atom. The monoisotopic (exact) mass is 338 g/mol. The van der Waals surface area contributed by atoms with Gasteiger partial charge in [-0.05, 0) is 83.9 Å². The predicted molar refractivity (Wildman–Crippen MR) is 110 cm³/mol. The highest BCUT2D eigenvalue weighted by Gasteiger charge is 2.26. The summed E-state index contributed by atoms with van der Waals surface area (Å²) in [6.45, 7) is 0. The number of benzene rings is 3. The van der Waals surface area contributed by atoms with Crippen LogP contribution in [0.4, 0.5) is 0 Å². The number of rotatable bonds is 2. The first-order valence-corrected chi connectivity index (χ1v) is 10.2. The van der Waals surface area contributed by atoms with Crippen molar-refractivity contribution in [1.29, 1.82) is 0 Å². The number of hydrogen-bond acceptors (Lipinski definition) is 0. The third-order valence-electron chi connectivity index (χ3n) is 6.34. The Hall–Kier alpha value is -2.34. The molecule has 0 heterocycles. The molecule has 5 rings (SSSR count). The molecule has 1 unspecified atom stereocenters. The Balaban J connectivity index is 1.63. The maximum Gasteiger partial charge on any atom is 0.00984 e. The number of fused-ring (bicyclic) bond motifs is 2. The van der Waals surface area contributed by atoms with Gasteiger partial charge in [0.25, 0.3) is 0 Å². The highest BCUT2D eigenvalue weighted by atomic mass is 14.3. The topological polar surface area (TPSA) is 0 Å². The molecule has 3 aromatic rings. The lowest BCUT2D eigenvalue weighted by atomic mass is 9.74. The third-order valence-corrected chi connectivity index (χ3v) is 6.34. The molecule has 0 saturated carbocycles. The molecule has 0 N–H and O–H groups in total. The molecule has 0 radical (unpaired) electrons. The van der Waals surface area contributed by atoms with Crippen LogP contribution in [-0.2, 0) is 19.3 Å². The molecule has 3 aromatic carbocycles. The fraction of sp³-hybridized carbons (Fsp3) is 0.308. The Morgan fingerprint density at radius 2 is 1.27 bits per heavy atom. The van der Waals surface area contributed by atoms with E-state index < -0.39 is 0 Å². The van der Waals surface area contributed by atoms with Crippen molar-refractivity contribution in [2.75, 3.05) is 0 Å². The van der Waals surface area contributed by atoms with Crippen molar-refractivity contribution >= 4 is 0 Å². The van der Waals surface area contributed by atoms with Gasteiger partial charge in [-0.2, -0.15) is 0 Å². The highest BCUT2D eigenvalue weighted by Crippen LogP contribution is 2.42. The quantitative estimate of drug-likeness (QED) is 0.487. The molecular formula is C26H26. The van der Waals surface area contributed by atoms with E-state index in [9.17, 15) is 0 Å². The van der Waals surface area contributed by atoms with Crippen LogP contribution in [0.1, 0.15) is 59.4 Å². The van der Waals surface area contributed by atoms with E-state index in [1.54, 1.807) is 22.3 Å². The first kappa shape index (κ1) is 15.9. The molecule has 2 aliphatic carbocycles. The smallest absolute Gasteiger partial charge is 0.00984 e. The SMILES string of the molecule is c1ccc(-c2ccccc2C2CCCc3cc4c(cc32)CCCC4)cc1. The lowest BCUT2D eigenvalue weighted by molar-refractivity contribution is 0.608. The summed E-state index contributed by atoms with van der Waals surface area (Å²) >= 11 is 0. The van der Waals surface area contributed by atoms with E-state index in [1.165, 1.54) is 61.6 Å². The second kappa shape index (κ2) is 6.76. The molecule has 0 spiro atoms. The van der Waals surface area contributed by atoms with Crippen LogP contribution in [0, 0.1) is 0 Å². The first-order chi connectivity index (χ1) is 12.9. The van der Waals surface area contributed by atoms with Gasteiger partial charge in [0, 0.05) is 5.92 Å². The Morgan fingerprint density at radius 1 is 0.577 bits per heavy atom. The molecule has 1 atom stereocenters. The summed E-state index contributed by atoms with van der Waals surface area (Å²) in [5, 5.41) is 0. The van der Waals surface area contributed by atoms with Crippen molar-refractivity contribution in [3.05, 3.63) is 94.5 Å². The van der Waals surface area contributed by atoms with Crippen molar-refractivity contribution < 1.29 is 0 Å². The Bertz CT molecular complexity index is 920. The predicted octanol–water partition coefficient (Wildman–Crippen LogP) is 6.70. The van der Waals surface area contributed by atoms with E-state index in [0.717, 1.165) is 0 Å². The van der Waals surface area contributed by atoms with Crippen molar-refractivity contribution in [3.63, 3.8) is 0 Å². The van der Waals surface area contributed by atoms with Crippen molar-refractivity contribution in [2.45, 2.75) is 50.9 Å². The molecular weight excluding hydrogens is 312 g/mol. The molecule has 130 valence electrons. The summed E-state index contributed by atoms with van der Waals surface area (Å²) in [4.78, 5) is 0. The molecule has 0 aliphatic heterocycles.